The van der Waals surface area contributed by atoms with Gasteiger partial charge in [0.15, 0.2) is 11.3 Å². The van der Waals surface area contributed by atoms with Crippen molar-refractivity contribution in [3.05, 3.63) is 48.0 Å². The van der Waals surface area contributed by atoms with Crippen molar-refractivity contribution in [2.75, 3.05) is 7.11 Å². The van der Waals surface area contributed by atoms with Gasteiger partial charge in [-0.2, -0.15) is 0 Å². The van der Waals surface area contributed by atoms with E-state index in [-0.39, 0.29) is 12.1 Å². The first-order valence-corrected chi connectivity index (χ1v) is 8.63. The summed E-state index contributed by atoms with van der Waals surface area (Å²) in [4.78, 5) is 11.5. The summed E-state index contributed by atoms with van der Waals surface area (Å²) in [5.74, 6) is 0.389. The van der Waals surface area contributed by atoms with Gasteiger partial charge in [-0.1, -0.05) is 24.3 Å². The first-order valence-electron chi connectivity index (χ1n) is 8.63. The van der Waals surface area contributed by atoms with Gasteiger partial charge in [0.1, 0.15) is 5.58 Å². The molecule has 0 saturated heterocycles. The Labute approximate surface area is 146 Å². The van der Waals surface area contributed by atoms with Crippen molar-refractivity contribution in [2.24, 2.45) is 0 Å². The molecule has 4 heteroatoms. The van der Waals surface area contributed by atoms with Crippen LogP contribution in [0.3, 0.4) is 0 Å². The Morgan fingerprint density at radius 2 is 1.96 bits per heavy atom. The molecule has 1 aliphatic rings. The molecule has 0 atom stereocenters. The topological polar surface area (TPSA) is 48.7 Å². The molecule has 128 valence electrons. The summed E-state index contributed by atoms with van der Waals surface area (Å²) in [6, 6.07) is 11.8. The number of para-hydroxylation sites is 1. The van der Waals surface area contributed by atoms with Crippen LogP contribution in [0.25, 0.3) is 28.0 Å². The molecule has 0 amide bonds. The largest absolute Gasteiger partial charge is 0.486 e. The van der Waals surface area contributed by atoms with Gasteiger partial charge in [-0.25, -0.2) is 4.79 Å². The summed E-state index contributed by atoms with van der Waals surface area (Å²) >= 11 is 0. The summed E-state index contributed by atoms with van der Waals surface area (Å²) in [5, 5.41) is 1.98. The van der Waals surface area contributed by atoms with E-state index >= 15 is 0 Å². The Hall–Kier alpha value is -2.75. The van der Waals surface area contributed by atoms with Crippen molar-refractivity contribution in [3.8, 4) is 5.75 Å². The molecule has 25 heavy (non-hydrogen) atoms. The number of furan rings is 1. The van der Waals surface area contributed by atoms with Gasteiger partial charge >= 0.3 is 5.97 Å². The third-order valence-electron chi connectivity index (χ3n) is 4.72. The lowest BCUT2D eigenvalue weighted by Gasteiger charge is -2.13. The fourth-order valence-electron chi connectivity index (χ4n) is 3.47. The third-order valence-corrected chi connectivity index (χ3v) is 4.72. The summed E-state index contributed by atoms with van der Waals surface area (Å²) < 4.78 is 17.0. The predicted molar refractivity (Wildman–Crippen MR) is 97.7 cm³/mol. The summed E-state index contributed by atoms with van der Waals surface area (Å²) in [7, 11) is 1.37. The number of benzene rings is 2. The number of hydrogen-bond acceptors (Lipinski definition) is 4. The standard InChI is InChI=1S/C21H20O4/c1-23-19(22)13-11-14-10-12-18(24-15-6-2-3-7-15)21-20(14)16-8-4-5-9-17(16)25-21/h4-5,8-13,15H,2-3,6-7H2,1H3. The Morgan fingerprint density at radius 3 is 2.76 bits per heavy atom. The maximum absolute atomic E-state index is 11.5. The number of carbonyl (C=O) groups is 1. The molecule has 1 aromatic heterocycles. The van der Waals surface area contributed by atoms with Gasteiger partial charge in [0.2, 0.25) is 0 Å². The van der Waals surface area contributed by atoms with Crippen LogP contribution in [-0.4, -0.2) is 19.2 Å². The van der Waals surface area contributed by atoms with Crippen LogP contribution >= 0.6 is 0 Å². The number of carbonyl (C=O) groups excluding carboxylic acids is 1. The van der Waals surface area contributed by atoms with Crippen molar-refractivity contribution < 1.29 is 18.7 Å². The number of fused-ring (bicyclic) bond motifs is 3. The van der Waals surface area contributed by atoms with Gasteiger partial charge in [0, 0.05) is 16.8 Å². The average Bonchev–Trinajstić information content (AvgIpc) is 3.28. The molecule has 2 aromatic carbocycles. The molecular formula is C21H20O4. The van der Waals surface area contributed by atoms with E-state index in [1.165, 1.54) is 26.0 Å². The van der Waals surface area contributed by atoms with Crippen LogP contribution in [0.15, 0.2) is 46.9 Å². The van der Waals surface area contributed by atoms with E-state index in [0.717, 1.165) is 46.1 Å². The highest BCUT2D eigenvalue weighted by atomic mass is 16.5. The van der Waals surface area contributed by atoms with E-state index in [1.54, 1.807) is 6.08 Å². The van der Waals surface area contributed by atoms with E-state index in [2.05, 4.69) is 0 Å². The van der Waals surface area contributed by atoms with Gasteiger partial charge in [0.05, 0.1) is 13.2 Å². The molecule has 1 fully saturated rings. The molecule has 0 N–H and O–H groups in total. The monoisotopic (exact) mass is 336 g/mol. The van der Waals surface area contributed by atoms with Crippen LogP contribution in [0.5, 0.6) is 5.75 Å². The minimum atomic E-state index is -0.382. The van der Waals surface area contributed by atoms with Gasteiger partial charge < -0.3 is 13.9 Å². The van der Waals surface area contributed by atoms with E-state index in [4.69, 9.17) is 13.9 Å². The van der Waals surface area contributed by atoms with Crippen molar-refractivity contribution in [3.63, 3.8) is 0 Å². The normalized spacial score (nSPS) is 15.4. The Kier molecular flexibility index (Phi) is 4.18. The quantitative estimate of drug-likeness (QED) is 0.491. The fraction of sp³-hybridized carbons (Fsp3) is 0.286. The maximum Gasteiger partial charge on any atom is 0.330 e. The second kappa shape index (κ2) is 6.63. The molecule has 4 rings (SSSR count). The van der Waals surface area contributed by atoms with Crippen molar-refractivity contribution in [1.82, 2.24) is 0 Å². The van der Waals surface area contributed by atoms with E-state index in [0.29, 0.717) is 0 Å². The summed E-state index contributed by atoms with van der Waals surface area (Å²) in [5.41, 5.74) is 2.46. The van der Waals surface area contributed by atoms with E-state index in [9.17, 15) is 4.79 Å². The zero-order chi connectivity index (χ0) is 17.2. The van der Waals surface area contributed by atoms with Gasteiger partial charge in [-0.05, 0) is 49.5 Å². The van der Waals surface area contributed by atoms with Crippen LogP contribution in [0, 0.1) is 0 Å². The molecular weight excluding hydrogens is 316 g/mol. The molecule has 0 spiro atoms. The minimum absolute atomic E-state index is 0.257. The van der Waals surface area contributed by atoms with Crippen LogP contribution in [0.2, 0.25) is 0 Å². The van der Waals surface area contributed by atoms with Gasteiger partial charge in [0.25, 0.3) is 0 Å². The summed E-state index contributed by atoms with van der Waals surface area (Å²) in [6.07, 6.45) is 8.05. The van der Waals surface area contributed by atoms with Crippen molar-refractivity contribution in [1.29, 1.82) is 0 Å². The number of rotatable bonds is 4. The zero-order valence-corrected chi connectivity index (χ0v) is 14.2. The Bertz CT molecular complexity index is 945. The summed E-state index contributed by atoms with van der Waals surface area (Å²) in [6.45, 7) is 0. The lowest BCUT2D eigenvalue weighted by molar-refractivity contribution is -0.134. The van der Waals surface area contributed by atoms with Crippen LogP contribution in [-0.2, 0) is 9.53 Å². The molecule has 1 saturated carbocycles. The van der Waals surface area contributed by atoms with Crippen LogP contribution in [0.1, 0.15) is 31.2 Å². The lowest BCUT2D eigenvalue weighted by Crippen LogP contribution is -2.10. The number of hydrogen-bond donors (Lipinski definition) is 0. The van der Waals surface area contributed by atoms with Crippen LogP contribution in [0.4, 0.5) is 0 Å². The molecule has 1 aliphatic carbocycles. The fourth-order valence-corrected chi connectivity index (χ4v) is 3.47. The number of esters is 1. The second-order valence-corrected chi connectivity index (χ2v) is 6.34. The first kappa shape index (κ1) is 15.8. The SMILES string of the molecule is COC(=O)C=Cc1ccc(OC2CCCC2)c2oc3ccccc3c12. The van der Waals surface area contributed by atoms with E-state index < -0.39 is 0 Å². The predicted octanol–water partition coefficient (Wildman–Crippen LogP) is 5.09. The van der Waals surface area contributed by atoms with E-state index in [1.807, 2.05) is 36.4 Å². The highest BCUT2D eigenvalue weighted by Gasteiger charge is 2.20. The Balaban J connectivity index is 1.85. The number of methoxy groups -OCH3 is 1. The molecule has 0 bridgehead atoms. The van der Waals surface area contributed by atoms with Crippen molar-refractivity contribution in [2.45, 2.75) is 31.8 Å². The highest BCUT2D eigenvalue weighted by Crippen LogP contribution is 2.39. The second-order valence-electron chi connectivity index (χ2n) is 6.34. The van der Waals surface area contributed by atoms with Crippen molar-refractivity contribution >= 4 is 34.0 Å². The molecule has 0 unspecified atom stereocenters. The molecule has 0 aliphatic heterocycles. The lowest BCUT2D eigenvalue weighted by atomic mass is 10.1. The third kappa shape index (κ3) is 3.00. The average molecular weight is 336 g/mol. The number of ether oxygens (including phenoxy) is 2. The maximum atomic E-state index is 11.5. The zero-order valence-electron chi connectivity index (χ0n) is 14.2. The highest BCUT2D eigenvalue weighted by molar-refractivity contribution is 6.11. The molecule has 1 heterocycles. The van der Waals surface area contributed by atoms with Gasteiger partial charge in [-0.3, -0.25) is 0 Å². The van der Waals surface area contributed by atoms with Crippen LogP contribution < -0.4 is 4.74 Å². The van der Waals surface area contributed by atoms with Gasteiger partial charge in [-0.15, -0.1) is 0 Å². The molecule has 0 radical (unpaired) electrons. The first-order chi connectivity index (χ1) is 12.3. The molecule has 3 aromatic rings. The smallest absolute Gasteiger partial charge is 0.330 e. The Morgan fingerprint density at radius 1 is 1.16 bits per heavy atom. The minimum Gasteiger partial charge on any atom is -0.486 e. The molecule has 4 nitrogen and oxygen atoms in total.